The van der Waals surface area contributed by atoms with Crippen molar-refractivity contribution in [1.29, 1.82) is 0 Å². The van der Waals surface area contributed by atoms with Gasteiger partial charge in [-0.1, -0.05) is 23.0 Å². The van der Waals surface area contributed by atoms with Crippen molar-refractivity contribution in [1.82, 2.24) is 19.4 Å². The van der Waals surface area contributed by atoms with Crippen molar-refractivity contribution in [2.24, 2.45) is 0 Å². The smallest absolute Gasteiger partial charge is 0.138 e. The molecule has 0 bridgehead atoms. The molecule has 0 amide bonds. The van der Waals surface area contributed by atoms with E-state index in [4.69, 9.17) is 11.6 Å². The predicted octanol–water partition coefficient (Wildman–Crippen LogP) is 2.11. The van der Waals surface area contributed by atoms with Crippen LogP contribution in [0.3, 0.4) is 0 Å². The van der Waals surface area contributed by atoms with Crippen LogP contribution in [0.1, 0.15) is 25.5 Å². The first-order chi connectivity index (χ1) is 8.20. The lowest BCUT2D eigenvalue weighted by Crippen LogP contribution is -2.39. The van der Waals surface area contributed by atoms with E-state index < -0.39 is 0 Å². The summed E-state index contributed by atoms with van der Waals surface area (Å²) in [6, 6.07) is 0.597. The van der Waals surface area contributed by atoms with Crippen LogP contribution < -0.4 is 0 Å². The van der Waals surface area contributed by atoms with E-state index in [9.17, 15) is 0 Å². The van der Waals surface area contributed by atoms with Crippen LogP contribution in [0.4, 0.5) is 0 Å². The molecule has 0 spiro atoms. The zero-order chi connectivity index (χ0) is 12.3. The molecule has 1 aliphatic heterocycles. The molecule has 1 aromatic rings. The van der Waals surface area contributed by atoms with Gasteiger partial charge in [0.05, 0.1) is 0 Å². The summed E-state index contributed by atoms with van der Waals surface area (Å²) in [7, 11) is 2.20. The Kier molecular flexibility index (Phi) is 4.73. The summed E-state index contributed by atoms with van der Waals surface area (Å²) in [4.78, 5) is 4.90. The van der Waals surface area contributed by atoms with E-state index in [0.717, 1.165) is 29.7 Å². The summed E-state index contributed by atoms with van der Waals surface area (Å²) in [5.74, 6) is 0. The molecule has 0 radical (unpaired) electrons. The second-order valence-corrected chi connectivity index (χ2v) is 6.00. The number of hydrogen-bond donors (Lipinski definition) is 0. The average Bonchev–Trinajstić information content (AvgIpc) is 2.61. The molecule has 0 saturated carbocycles. The molecule has 2 rings (SSSR count). The fourth-order valence-electron chi connectivity index (χ4n) is 2.37. The highest BCUT2D eigenvalue weighted by molar-refractivity contribution is 7.10. The van der Waals surface area contributed by atoms with Gasteiger partial charge in [-0.2, -0.15) is 0 Å². The summed E-state index contributed by atoms with van der Waals surface area (Å²) in [6.07, 6.45) is 2.38. The summed E-state index contributed by atoms with van der Waals surface area (Å²) in [5.41, 5.74) is 0.930. The first kappa shape index (κ1) is 13.2. The zero-order valence-electron chi connectivity index (χ0n) is 10.4. The quantitative estimate of drug-likeness (QED) is 0.845. The highest BCUT2D eigenvalue weighted by Crippen LogP contribution is 2.21. The third kappa shape index (κ3) is 3.37. The van der Waals surface area contributed by atoms with Crippen molar-refractivity contribution in [2.45, 2.75) is 32.4 Å². The normalized spacial score (nSPS) is 23.8. The molecule has 96 valence electrons. The van der Waals surface area contributed by atoms with Crippen LogP contribution in [0.15, 0.2) is 0 Å². The van der Waals surface area contributed by atoms with E-state index in [2.05, 4.69) is 33.4 Å². The topological polar surface area (TPSA) is 32.3 Å². The zero-order valence-corrected chi connectivity index (χ0v) is 12.0. The highest BCUT2D eigenvalue weighted by atomic mass is 35.5. The largest absolute Gasteiger partial charge is 0.305 e. The first-order valence-electron chi connectivity index (χ1n) is 6.10. The Morgan fingerprint density at radius 1 is 1.47 bits per heavy atom. The van der Waals surface area contributed by atoms with Gasteiger partial charge < -0.3 is 4.90 Å². The first-order valence-corrected chi connectivity index (χ1v) is 7.25. The number of aromatic nitrogens is 2. The maximum absolute atomic E-state index is 6.08. The molecule has 1 aliphatic rings. The van der Waals surface area contributed by atoms with Crippen LogP contribution >= 0.6 is 23.1 Å². The van der Waals surface area contributed by atoms with Crippen molar-refractivity contribution in [3.63, 3.8) is 0 Å². The molecular formula is C11H19ClN4S. The highest BCUT2D eigenvalue weighted by Gasteiger charge is 2.23. The van der Waals surface area contributed by atoms with Crippen LogP contribution in [0.2, 0.25) is 4.34 Å². The minimum absolute atomic E-state index is 0.597. The van der Waals surface area contributed by atoms with Crippen LogP contribution in [-0.4, -0.2) is 52.1 Å². The summed E-state index contributed by atoms with van der Waals surface area (Å²) >= 11 is 7.35. The van der Waals surface area contributed by atoms with Crippen LogP contribution in [0, 0.1) is 0 Å². The van der Waals surface area contributed by atoms with Crippen molar-refractivity contribution in [3.8, 4) is 0 Å². The van der Waals surface area contributed by atoms with Crippen molar-refractivity contribution >= 4 is 23.1 Å². The van der Waals surface area contributed by atoms with Gasteiger partial charge in [0.1, 0.15) is 10.0 Å². The van der Waals surface area contributed by atoms with Gasteiger partial charge in [-0.3, -0.25) is 4.90 Å². The van der Waals surface area contributed by atoms with E-state index >= 15 is 0 Å². The Labute approximate surface area is 112 Å². The molecule has 1 atom stereocenters. The number of rotatable bonds is 3. The lowest BCUT2D eigenvalue weighted by atomic mass is 10.2. The fourth-order valence-corrected chi connectivity index (χ4v) is 2.98. The van der Waals surface area contributed by atoms with E-state index in [0.29, 0.717) is 6.04 Å². The third-order valence-corrected chi connectivity index (χ3v) is 4.34. The lowest BCUT2D eigenvalue weighted by molar-refractivity contribution is 0.174. The Bertz CT molecular complexity index is 357. The molecular weight excluding hydrogens is 256 g/mol. The average molecular weight is 275 g/mol. The molecule has 0 aromatic carbocycles. The predicted molar refractivity (Wildman–Crippen MR) is 71.5 cm³/mol. The third-order valence-electron chi connectivity index (χ3n) is 3.36. The monoisotopic (exact) mass is 274 g/mol. The fraction of sp³-hybridized carbons (Fsp3) is 0.818. The van der Waals surface area contributed by atoms with E-state index in [1.54, 1.807) is 0 Å². The van der Waals surface area contributed by atoms with Crippen molar-refractivity contribution in [2.75, 3.05) is 26.7 Å². The minimum atomic E-state index is 0.597. The Morgan fingerprint density at radius 3 is 2.94 bits per heavy atom. The number of nitrogens with zero attached hydrogens (tertiary/aromatic N) is 4. The van der Waals surface area contributed by atoms with Gasteiger partial charge in [0.15, 0.2) is 0 Å². The SMILES string of the molecule is CCC1CN(C)CCCN1Cc1nnsc1Cl. The number of likely N-dealkylation sites (N-methyl/N-ethyl adjacent to an activating group) is 1. The molecule has 1 saturated heterocycles. The molecule has 1 aromatic heterocycles. The number of halogens is 1. The molecule has 0 aliphatic carbocycles. The van der Waals surface area contributed by atoms with E-state index in [1.165, 1.54) is 30.9 Å². The molecule has 17 heavy (non-hydrogen) atoms. The van der Waals surface area contributed by atoms with Crippen LogP contribution in [0.25, 0.3) is 0 Å². The summed E-state index contributed by atoms with van der Waals surface area (Å²) < 4.78 is 4.63. The van der Waals surface area contributed by atoms with Crippen LogP contribution in [-0.2, 0) is 6.54 Å². The second-order valence-electron chi connectivity index (χ2n) is 4.64. The number of hydrogen-bond acceptors (Lipinski definition) is 5. The van der Waals surface area contributed by atoms with Gasteiger partial charge >= 0.3 is 0 Å². The Morgan fingerprint density at radius 2 is 2.29 bits per heavy atom. The Hall–Kier alpha value is -0.230. The van der Waals surface area contributed by atoms with E-state index in [1.807, 2.05) is 0 Å². The van der Waals surface area contributed by atoms with Gasteiger partial charge in [0, 0.05) is 37.2 Å². The molecule has 0 N–H and O–H groups in total. The van der Waals surface area contributed by atoms with Gasteiger partial charge in [0.25, 0.3) is 0 Å². The Balaban J connectivity index is 2.04. The molecule has 6 heteroatoms. The minimum Gasteiger partial charge on any atom is -0.305 e. The summed E-state index contributed by atoms with van der Waals surface area (Å²) in [6.45, 7) is 6.51. The van der Waals surface area contributed by atoms with Gasteiger partial charge in [-0.25, -0.2) is 0 Å². The molecule has 4 nitrogen and oxygen atoms in total. The van der Waals surface area contributed by atoms with Gasteiger partial charge in [-0.15, -0.1) is 5.10 Å². The van der Waals surface area contributed by atoms with Crippen molar-refractivity contribution < 1.29 is 0 Å². The maximum Gasteiger partial charge on any atom is 0.138 e. The van der Waals surface area contributed by atoms with Gasteiger partial charge in [0.2, 0.25) is 0 Å². The van der Waals surface area contributed by atoms with E-state index in [-0.39, 0.29) is 0 Å². The molecule has 2 heterocycles. The molecule has 1 fully saturated rings. The van der Waals surface area contributed by atoms with Crippen molar-refractivity contribution in [3.05, 3.63) is 10.0 Å². The second kappa shape index (κ2) is 6.09. The molecule has 1 unspecified atom stereocenters. The van der Waals surface area contributed by atoms with Gasteiger partial charge in [-0.05, 0) is 26.4 Å². The maximum atomic E-state index is 6.08. The summed E-state index contributed by atoms with van der Waals surface area (Å²) in [5, 5.41) is 4.11. The standard InChI is InChI=1S/C11H19ClN4S/c1-3-9-7-15(2)5-4-6-16(9)8-10-11(12)17-14-13-10/h9H,3-8H2,1-2H3. The lowest BCUT2D eigenvalue weighted by Gasteiger charge is -2.29. The van der Waals surface area contributed by atoms with Crippen LogP contribution in [0.5, 0.6) is 0 Å².